The number of benzene rings is 1. The molecular formula is C24H32F3N3O2. The average molecular weight is 452 g/mol. The van der Waals surface area contributed by atoms with Crippen molar-refractivity contribution in [3.05, 3.63) is 35.4 Å². The molecule has 4 rings (SSSR count). The minimum Gasteiger partial charge on any atom is -0.342 e. The van der Waals surface area contributed by atoms with E-state index in [9.17, 15) is 22.8 Å². The number of amides is 2. The van der Waals surface area contributed by atoms with Crippen LogP contribution in [-0.4, -0.2) is 71.8 Å². The van der Waals surface area contributed by atoms with Gasteiger partial charge >= 0.3 is 6.18 Å². The summed E-state index contributed by atoms with van der Waals surface area (Å²) in [7, 11) is 0. The Balaban J connectivity index is 1.25. The maximum Gasteiger partial charge on any atom is 0.416 e. The molecule has 0 aromatic heterocycles. The fraction of sp³-hybridized carbons (Fsp3) is 0.667. The Morgan fingerprint density at radius 3 is 2.09 bits per heavy atom. The molecule has 3 saturated heterocycles. The van der Waals surface area contributed by atoms with Crippen molar-refractivity contribution in [3.8, 4) is 0 Å². The van der Waals surface area contributed by atoms with E-state index in [4.69, 9.17) is 0 Å². The van der Waals surface area contributed by atoms with Crippen LogP contribution in [0.1, 0.15) is 60.9 Å². The predicted octanol–water partition coefficient (Wildman–Crippen LogP) is 4.03. The summed E-state index contributed by atoms with van der Waals surface area (Å²) in [6.07, 6.45) is 2.40. The molecule has 3 heterocycles. The van der Waals surface area contributed by atoms with Gasteiger partial charge in [-0.15, -0.1) is 0 Å². The van der Waals surface area contributed by atoms with E-state index >= 15 is 0 Å². The number of hydrogen-bond donors (Lipinski definition) is 0. The molecule has 1 aromatic rings. The van der Waals surface area contributed by atoms with Crippen molar-refractivity contribution >= 4 is 11.8 Å². The number of piperidine rings is 3. The molecule has 8 heteroatoms. The summed E-state index contributed by atoms with van der Waals surface area (Å²) >= 11 is 0. The van der Waals surface area contributed by atoms with Crippen LogP contribution in [0.2, 0.25) is 0 Å². The molecule has 32 heavy (non-hydrogen) atoms. The van der Waals surface area contributed by atoms with Crippen LogP contribution in [0.15, 0.2) is 24.3 Å². The van der Waals surface area contributed by atoms with E-state index in [0.29, 0.717) is 25.0 Å². The molecule has 0 spiro atoms. The minimum absolute atomic E-state index is 0.0929. The summed E-state index contributed by atoms with van der Waals surface area (Å²) in [6, 6.07) is 5.04. The van der Waals surface area contributed by atoms with Crippen molar-refractivity contribution in [2.75, 3.05) is 39.3 Å². The van der Waals surface area contributed by atoms with Gasteiger partial charge in [-0.1, -0.05) is 6.07 Å². The number of nitrogens with zero attached hydrogens (tertiary/aromatic N) is 3. The summed E-state index contributed by atoms with van der Waals surface area (Å²) in [6.45, 7) is 4.70. The Labute approximate surface area is 187 Å². The molecule has 0 unspecified atom stereocenters. The molecule has 3 aliphatic heterocycles. The van der Waals surface area contributed by atoms with Crippen molar-refractivity contribution in [2.24, 2.45) is 5.92 Å². The highest BCUT2D eigenvalue weighted by atomic mass is 19.4. The van der Waals surface area contributed by atoms with Gasteiger partial charge in [0.05, 0.1) is 5.56 Å². The summed E-state index contributed by atoms with van der Waals surface area (Å²) in [5, 5.41) is 0. The second kappa shape index (κ2) is 9.81. The number of alkyl halides is 3. The SMILES string of the molecule is O=C(c1cccc(C(F)(F)F)c1)N1CCC(N2CCC(C(=O)N3CCCCC3)CC2)CC1. The van der Waals surface area contributed by atoms with Gasteiger partial charge in [0.15, 0.2) is 0 Å². The molecule has 0 bridgehead atoms. The third kappa shape index (κ3) is 5.27. The van der Waals surface area contributed by atoms with Gasteiger partial charge in [0.25, 0.3) is 5.91 Å². The molecule has 1 aromatic carbocycles. The summed E-state index contributed by atoms with van der Waals surface area (Å²) < 4.78 is 38.9. The molecule has 5 nitrogen and oxygen atoms in total. The maximum atomic E-state index is 13.0. The van der Waals surface area contributed by atoms with E-state index in [1.807, 2.05) is 4.90 Å². The van der Waals surface area contributed by atoms with Crippen LogP contribution in [-0.2, 0) is 11.0 Å². The van der Waals surface area contributed by atoms with E-state index in [1.54, 1.807) is 4.90 Å². The largest absolute Gasteiger partial charge is 0.416 e. The van der Waals surface area contributed by atoms with Gasteiger partial charge in [0, 0.05) is 43.7 Å². The lowest BCUT2D eigenvalue weighted by Crippen LogP contribution is -2.50. The molecule has 0 radical (unpaired) electrons. The van der Waals surface area contributed by atoms with Gasteiger partial charge in [-0.3, -0.25) is 9.59 Å². The molecule has 2 amide bonds. The normalized spacial score (nSPS) is 22.2. The number of rotatable bonds is 3. The number of halogens is 3. The molecule has 0 N–H and O–H groups in total. The Morgan fingerprint density at radius 1 is 0.812 bits per heavy atom. The second-order valence-corrected chi connectivity index (χ2v) is 9.30. The van der Waals surface area contributed by atoms with Gasteiger partial charge in [0.2, 0.25) is 5.91 Å². The standard InChI is InChI=1S/C24H32F3N3O2/c25-24(26,27)20-6-4-5-19(17-20)23(32)30-15-9-21(10-16-30)28-13-7-18(8-14-28)22(31)29-11-2-1-3-12-29/h4-6,17-18,21H,1-3,7-16H2. The fourth-order valence-electron chi connectivity index (χ4n) is 5.33. The Bertz CT molecular complexity index is 807. The van der Waals surface area contributed by atoms with Gasteiger partial charge in [0.1, 0.15) is 0 Å². The summed E-state index contributed by atoms with van der Waals surface area (Å²) in [4.78, 5) is 31.6. The molecule has 0 saturated carbocycles. The van der Waals surface area contributed by atoms with Crippen molar-refractivity contribution in [3.63, 3.8) is 0 Å². The predicted molar refractivity (Wildman–Crippen MR) is 115 cm³/mol. The lowest BCUT2D eigenvalue weighted by molar-refractivity contribution is -0.138. The van der Waals surface area contributed by atoms with Crippen molar-refractivity contribution < 1.29 is 22.8 Å². The van der Waals surface area contributed by atoms with Crippen LogP contribution in [0.3, 0.4) is 0 Å². The lowest BCUT2D eigenvalue weighted by Gasteiger charge is -2.42. The van der Waals surface area contributed by atoms with Gasteiger partial charge in [-0.2, -0.15) is 13.2 Å². The first-order valence-corrected chi connectivity index (χ1v) is 11.8. The van der Waals surface area contributed by atoms with Crippen LogP contribution >= 0.6 is 0 Å². The van der Waals surface area contributed by atoms with E-state index in [0.717, 1.165) is 76.8 Å². The summed E-state index contributed by atoms with van der Waals surface area (Å²) in [5.41, 5.74) is -0.699. The first kappa shape index (κ1) is 23.1. The zero-order valence-electron chi connectivity index (χ0n) is 18.4. The van der Waals surface area contributed by atoms with Crippen LogP contribution < -0.4 is 0 Å². The van der Waals surface area contributed by atoms with Crippen molar-refractivity contribution in [2.45, 2.75) is 57.2 Å². The smallest absolute Gasteiger partial charge is 0.342 e. The minimum atomic E-state index is -4.45. The molecule has 3 aliphatic rings. The zero-order chi connectivity index (χ0) is 22.7. The number of hydrogen-bond acceptors (Lipinski definition) is 3. The maximum absolute atomic E-state index is 13.0. The van der Waals surface area contributed by atoms with Crippen LogP contribution in [0.4, 0.5) is 13.2 Å². The van der Waals surface area contributed by atoms with E-state index in [1.165, 1.54) is 18.6 Å². The van der Waals surface area contributed by atoms with Crippen LogP contribution in [0, 0.1) is 5.92 Å². The van der Waals surface area contributed by atoms with Gasteiger partial charge in [-0.25, -0.2) is 0 Å². The Morgan fingerprint density at radius 2 is 1.47 bits per heavy atom. The quantitative estimate of drug-likeness (QED) is 0.697. The highest BCUT2D eigenvalue weighted by Gasteiger charge is 2.34. The molecular weight excluding hydrogens is 419 g/mol. The number of carbonyl (C=O) groups is 2. The third-order valence-corrected chi connectivity index (χ3v) is 7.25. The average Bonchev–Trinajstić information content (AvgIpc) is 2.83. The molecule has 0 atom stereocenters. The van der Waals surface area contributed by atoms with Crippen molar-refractivity contribution in [1.82, 2.24) is 14.7 Å². The Hall–Kier alpha value is -2.09. The Kier molecular flexibility index (Phi) is 7.08. The summed E-state index contributed by atoms with van der Waals surface area (Å²) in [5.74, 6) is 0.123. The number of likely N-dealkylation sites (tertiary alicyclic amines) is 3. The highest BCUT2D eigenvalue weighted by Crippen LogP contribution is 2.30. The molecule has 3 fully saturated rings. The topological polar surface area (TPSA) is 43.9 Å². The third-order valence-electron chi connectivity index (χ3n) is 7.25. The van der Waals surface area contributed by atoms with E-state index in [2.05, 4.69) is 4.90 Å². The van der Waals surface area contributed by atoms with Crippen LogP contribution in [0.5, 0.6) is 0 Å². The first-order valence-electron chi connectivity index (χ1n) is 11.8. The number of carbonyl (C=O) groups excluding carboxylic acids is 2. The highest BCUT2D eigenvalue weighted by molar-refractivity contribution is 5.94. The van der Waals surface area contributed by atoms with Crippen molar-refractivity contribution in [1.29, 1.82) is 0 Å². The lowest BCUT2D eigenvalue weighted by atomic mass is 9.91. The van der Waals surface area contributed by atoms with Gasteiger partial charge in [-0.05, 0) is 76.2 Å². The molecule has 0 aliphatic carbocycles. The van der Waals surface area contributed by atoms with Crippen LogP contribution in [0.25, 0.3) is 0 Å². The monoisotopic (exact) mass is 451 g/mol. The second-order valence-electron chi connectivity index (χ2n) is 9.30. The van der Waals surface area contributed by atoms with E-state index in [-0.39, 0.29) is 17.4 Å². The molecule has 176 valence electrons. The first-order chi connectivity index (χ1) is 15.3. The van der Waals surface area contributed by atoms with Gasteiger partial charge < -0.3 is 14.7 Å². The zero-order valence-corrected chi connectivity index (χ0v) is 18.4. The van der Waals surface area contributed by atoms with E-state index < -0.39 is 11.7 Å². The fourth-order valence-corrected chi connectivity index (χ4v) is 5.33.